The van der Waals surface area contributed by atoms with Crippen molar-refractivity contribution in [2.75, 3.05) is 6.61 Å². The fraction of sp³-hybridized carbons (Fsp3) is 0.881. The van der Waals surface area contributed by atoms with Crippen LogP contribution in [0.5, 0.6) is 0 Å². The summed E-state index contributed by atoms with van der Waals surface area (Å²) in [5.41, 5.74) is 0. The maximum Gasteiger partial charge on any atom is 0.220 e. The van der Waals surface area contributed by atoms with Gasteiger partial charge in [0, 0.05) is 6.42 Å². The van der Waals surface area contributed by atoms with E-state index in [9.17, 15) is 20.1 Å². The SMILES string of the molecule is CCC/C=C/CC/C=C/CCCC(O)C(O)C(CO)NC(=O)CCCCCCCCCCCCCCCCCCCCCCCCC. The van der Waals surface area contributed by atoms with Crippen LogP contribution in [0.25, 0.3) is 0 Å². The Kier molecular flexibility index (Phi) is 36.7. The highest BCUT2D eigenvalue weighted by Crippen LogP contribution is 2.16. The lowest BCUT2D eigenvalue weighted by atomic mass is 10.0. The summed E-state index contributed by atoms with van der Waals surface area (Å²) in [5, 5.41) is 33.3. The summed E-state index contributed by atoms with van der Waals surface area (Å²) in [6.45, 7) is 4.09. The van der Waals surface area contributed by atoms with Crippen LogP contribution < -0.4 is 5.32 Å². The van der Waals surface area contributed by atoms with Gasteiger partial charge in [-0.25, -0.2) is 0 Å². The third kappa shape index (κ3) is 33.1. The molecule has 0 aromatic rings. The van der Waals surface area contributed by atoms with Crippen molar-refractivity contribution in [2.24, 2.45) is 0 Å². The third-order valence-electron chi connectivity index (χ3n) is 9.52. The van der Waals surface area contributed by atoms with Gasteiger partial charge in [-0.2, -0.15) is 0 Å². The molecule has 3 unspecified atom stereocenters. The Balaban J connectivity index is 3.57. The highest BCUT2D eigenvalue weighted by Gasteiger charge is 2.26. The molecule has 0 saturated heterocycles. The van der Waals surface area contributed by atoms with Crippen molar-refractivity contribution in [3.8, 4) is 0 Å². The number of aliphatic hydroxyl groups excluding tert-OH is 3. The van der Waals surface area contributed by atoms with Crippen molar-refractivity contribution in [1.29, 1.82) is 0 Å². The topological polar surface area (TPSA) is 89.8 Å². The van der Waals surface area contributed by atoms with Gasteiger partial charge in [0.15, 0.2) is 0 Å². The van der Waals surface area contributed by atoms with Gasteiger partial charge in [-0.05, 0) is 44.9 Å². The first-order valence-corrected chi connectivity index (χ1v) is 20.6. The lowest BCUT2D eigenvalue weighted by Crippen LogP contribution is -2.50. The number of carbonyl (C=O) groups excluding carboxylic acids is 1. The van der Waals surface area contributed by atoms with Crippen LogP contribution in [0.1, 0.15) is 213 Å². The number of rotatable bonds is 37. The van der Waals surface area contributed by atoms with Gasteiger partial charge in [0.25, 0.3) is 0 Å². The number of allylic oxidation sites excluding steroid dienone is 4. The summed E-state index contributed by atoms with van der Waals surface area (Å²) >= 11 is 0. The molecule has 0 rings (SSSR count). The lowest BCUT2D eigenvalue weighted by molar-refractivity contribution is -0.124. The molecule has 47 heavy (non-hydrogen) atoms. The second-order valence-corrected chi connectivity index (χ2v) is 14.2. The number of unbranched alkanes of at least 4 members (excludes halogenated alkanes) is 25. The molecular formula is C42H81NO4. The summed E-state index contributed by atoms with van der Waals surface area (Å²) in [6.07, 6.45) is 44.4. The van der Waals surface area contributed by atoms with Gasteiger partial charge in [-0.3, -0.25) is 4.79 Å². The summed E-state index contributed by atoms with van der Waals surface area (Å²) in [5.74, 6) is -0.158. The summed E-state index contributed by atoms with van der Waals surface area (Å²) in [4.78, 5) is 12.4. The first kappa shape index (κ1) is 45.8. The zero-order valence-corrected chi connectivity index (χ0v) is 31.4. The highest BCUT2D eigenvalue weighted by atomic mass is 16.3. The van der Waals surface area contributed by atoms with Crippen LogP contribution in [0, 0.1) is 0 Å². The van der Waals surface area contributed by atoms with E-state index in [1.807, 2.05) is 0 Å². The zero-order chi connectivity index (χ0) is 34.5. The van der Waals surface area contributed by atoms with Crippen molar-refractivity contribution >= 4 is 5.91 Å². The predicted octanol–water partition coefficient (Wildman–Crippen LogP) is 11.4. The standard InChI is InChI=1S/C42H81NO4/c1-3-5-7-9-11-13-15-16-17-18-19-20-21-22-23-24-25-26-27-29-31-33-35-37-41(46)43-39(38-44)42(47)40(45)36-34-32-30-28-14-12-10-8-6-4-2/h8,10,28,30,39-40,42,44-45,47H,3-7,9,11-27,29,31-38H2,1-2H3,(H,43,46)/b10-8+,30-28+. The van der Waals surface area contributed by atoms with Gasteiger partial charge in [-0.1, -0.05) is 186 Å². The Morgan fingerprint density at radius 1 is 0.511 bits per heavy atom. The maximum absolute atomic E-state index is 12.4. The Morgan fingerprint density at radius 3 is 1.30 bits per heavy atom. The van der Waals surface area contributed by atoms with E-state index in [2.05, 4.69) is 43.5 Å². The molecule has 5 heteroatoms. The largest absolute Gasteiger partial charge is 0.394 e. The Hall–Kier alpha value is -1.17. The molecule has 4 N–H and O–H groups in total. The van der Waals surface area contributed by atoms with E-state index >= 15 is 0 Å². The molecule has 0 aliphatic carbocycles. The van der Waals surface area contributed by atoms with Gasteiger partial charge in [0.1, 0.15) is 6.10 Å². The van der Waals surface area contributed by atoms with E-state index in [4.69, 9.17) is 0 Å². The minimum atomic E-state index is -1.16. The molecule has 0 saturated carbocycles. The van der Waals surface area contributed by atoms with Crippen molar-refractivity contribution in [1.82, 2.24) is 5.32 Å². The number of nitrogens with one attached hydrogen (secondary N) is 1. The summed E-state index contributed by atoms with van der Waals surface area (Å²) in [7, 11) is 0. The van der Waals surface area contributed by atoms with E-state index in [-0.39, 0.29) is 12.5 Å². The predicted molar refractivity (Wildman–Crippen MR) is 204 cm³/mol. The number of aliphatic hydroxyl groups is 3. The molecular weight excluding hydrogens is 582 g/mol. The lowest BCUT2D eigenvalue weighted by Gasteiger charge is -2.26. The van der Waals surface area contributed by atoms with Crippen molar-refractivity contribution in [3.63, 3.8) is 0 Å². The van der Waals surface area contributed by atoms with Crippen LogP contribution in [-0.4, -0.2) is 46.1 Å². The molecule has 0 aromatic carbocycles. The average Bonchev–Trinajstić information content (AvgIpc) is 3.07. The van der Waals surface area contributed by atoms with E-state index < -0.39 is 18.2 Å². The summed E-state index contributed by atoms with van der Waals surface area (Å²) in [6, 6.07) is -0.826. The Bertz CT molecular complexity index is 694. The van der Waals surface area contributed by atoms with Crippen LogP contribution in [0.3, 0.4) is 0 Å². The highest BCUT2D eigenvalue weighted by molar-refractivity contribution is 5.76. The molecule has 5 nitrogen and oxygen atoms in total. The van der Waals surface area contributed by atoms with Gasteiger partial charge in [0.05, 0.1) is 18.8 Å². The van der Waals surface area contributed by atoms with Gasteiger partial charge < -0.3 is 20.6 Å². The fourth-order valence-corrected chi connectivity index (χ4v) is 6.30. The molecule has 0 aliphatic rings. The maximum atomic E-state index is 12.4. The summed E-state index contributed by atoms with van der Waals surface area (Å²) < 4.78 is 0. The zero-order valence-electron chi connectivity index (χ0n) is 31.4. The van der Waals surface area contributed by atoms with Crippen LogP contribution in [-0.2, 0) is 4.79 Å². The first-order valence-electron chi connectivity index (χ1n) is 20.6. The molecule has 278 valence electrons. The molecule has 0 spiro atoms. The minimum absolute atomic E-state index is 0.158. The smallest absolute Gasteiger partial charge is 0.220 e. The molecule has 0 bridgehead atoms. The molecule has 0 fully saturated rings. The van der Waals surface area contributed by atoms with Crippen LogP contribution >= 0.6 is 0 Å². The number of amides is 1. The molecule has 0 heterocycles. The van der Waals surface area contributed by atoms with E-state index in [1.165, 1.54) is 135 Å². The molecule has 3 atom stereocenters. The number of hydrogen-bond donors (Lipinski definition) is 4. The molecule has 0 radical (unpaired) electrons. The molecule has 1 amide bonds. The van der Waals surface area contributed by atoms with Gasteiger partial charge in [0.2, 0.25) is 5.91 Å². The Labute approximate surface area is 292 Å². The van der Waals surface area contributed by atoms with Crippen LogP contribution in [0.4, 0.5) is 0 Å². The van der Waals surface area contributed by atoms with Crippen LogP contribution in [0.2, 0.25) is 0 Å². The minimum Gasteiger partial charge on any atom is -0.394 e. The molecule has 0 aromatic heterocycles. The van der Waals surface area contributed by atoms with Gasteiger partial charge in [-0.15, -0.1) is 0 Å². The average molecular weight is 664 g/mol. The normalized spacial score (nSPS) is 13.9. The van der Waals surface area contributed by atoms with E-state index in [1.54, 1.807) is 0 Å². The quantitative estimate of drug-likeness (QED) is 0.0393. The number of carbonyl (C=O) groups is 1. The fourth-order valence-electron chi connectivity index (χ4n) is 6.30. The number of hydrogen-bond acceptors (Lipinski definition) is 4. The van der Waals surface area contributed by atoms with Crippen molar-refractivity contribution in [2.45, 2.75) is 231 Å². The van der Waals surface area contributed by atoms with E-state index in [0.29, 0.717) is 12.8 Å². The van der Waals surface area contributed by atoms with Crippen molar-refractivity contribution < 1.29 is 20.1 Å². The first-order chi connectivity index (χ1) is 23.1. The third-order valence-corrected chi connectivity index (χ3v) is 9.52. The second kappa shape index (κ2) is 37.6. The van der Waals surface area contributed by atoms with E-state index in [0.717, 1.165) is 51.4 Å². The van der Waals surface area contributed by atoms with Crippen LogP contribution in [0.15, 0.2) is 24.3 Å². The Morgan fingerprint density at radius 2 is 0.894 bits per heavy atom. The van der Waals surface area contributed by atoms with Crippen molar-refractivity contribution in [3.05, 3.63) is 24.3 Å². The van der Waals surface area contributed by atoms with Gasteiger partial charge >= 0.3 is 0 Å². The monoisotopic (exact) mass is 664 g/mol. The second-order valence-electron chi connectivity index (χ2n) is 14.2. The molecule has 0 aliphatic heterocycles.